The van der Waals surface area contributed by atoms with E-state index in [4.69, 9.17) is 4.74 Å². The van der Waals surface area contributed by atoms with Crippen LogP contribution in [0.1, 0.15) is 24.2 Å². The highest BCUT2D eigenvalue weighted by Crippen LogP contribution is 2.15. The molecule has 0 aromatic heterocycles. The molecule has 1 rings (SSSR count). The Hall–Kier alpha value is -0.820. The Balaban J connectivity index is 2.81. The predicted octanol–water partition coefficient (Wildman–Crippen LogP) is 2.58. The summed E-state index contributed by atoms with van der Waals surface area (Å²) in [6.07, 6.45) is 0.176. The maximum Gasteiger partial charge on any atom is 0.0793 e. The van der Waals surface area contributed by atoms with Crippen LogP contribution in [0, 0.1) is 6.92 Å². The molecule has 0 fully saturated rings. The van der Waals surface area contributed by atoms with Gasteiger partial charge in [0.05, 0.1) is 6.10 Å². The van der Waals surface area contributed by atoms with Crippen molar-refractivity contribution in [3.8, 4) is 0 Å². The molecular weight excluding hydrogens is 136 g/mol. The second-order valence-electron chi connectivity index (χ2n) is 2.62. The third-order valence-electron chi connectivity index (χ3n) is 1.80. The Labute approximate surface area is 68.0 Å². The molecule has 59 valence electrons. The topological polar surface area (TPSA) is 9.23 Å². The summed E-state index contributed by atoms with van der Waals surface area (Å²) < 4.78 is 5.16. The van der Waals surface area contributed by atoms with Crippen LogP contribution >= 0.6 is 0 Å². The van der Waals surface area contributed by atoms with Gasteiger partial charge in [0, 0.05) is 7.11 Å². The van der Waals surface area contributed by atoms with Crippen LogP contribution in [-0.2, 0) is 4.74 Å². The molecule has 0 amide bonds. The summed E-state index contributed by atoms with van der Waals surface area (Å²) in [5.74, 6) is 0. The number of benzene rings is 1. The fourth-order valence-electron chi connectivity index (χ4n) is 0.925. The molecule has 0 aliphatic heterocycles. The third-order valence-corrected chi connectivity index (χ3v) is 1.80. The van der Waals surface area contributed by atoms with Gasteiger partial charge in [-0.1, -0.05) is 24.3 Å². The summed E-state index contributed by atoms with van der Waals surface area (Å²) in [6.45, 7) is 5.83. The van der Waals surface area contributed by atoms with Crippen molar-refractivity contribution in [2.75, 3.05) is 7.11 Å². The second kappa shape index (κ2) is 3.54. The van der Waals surface area contributed by atoms with Crippen LogP contribution in [0.15, 0.2) is 24.3 Å². The molecule has 0 aliphatic rings. The molecule has 1 atom stereocenters. The highest BCUT2D eigenvalue weighted by Gasteiger charge is 2.00. The summed E-state index contributed by atoms with van der Waals surface area (Å²) in [5, 5.41) is 0. The maximum absolute atomic E-state index is 5.16. The van der Waals surface area contributed by atoms with Crippen molar-refractivity contribution in [3.05, 3.63) is 42.3 Å². The molecule has 0 saturated carbocycles. The number of methoxy groups -OCH3 is 1. The van der Waals surface area contributed by atoms with Gasteiger partial charge in [0.25, 0.3) is 0 Å². The van der Waals surface area contributed by atoms with E-state index in [9.17, 15) is 0 Å². The highest BCUT2D eigenvalue weighted by atomic mass is 16.5. The first-order valence-corrected chi connectivity index (χ1v) is 3.68. The summed E-state index contributed by atoms with van der Waals surface area (Å²) >= 11 is 0. The monoisotopic (exact) mass is 149 g/mol. The van der Waals surface area contributed by atoms with Crippen LogP contribution in [0.2, 0.25) is 0 Å². The lowest BCUT2D eigenvalue weighted by Crippen LogP contribution is -1.94. The van der Waals surface area contributed by atoms with Crippen LogP contribution in [0.25, 0.3) is 0 Å². The largest absolute Gasteiger partial charge is 0.377 e. The standard InChI is InChI=1S/C10H13O/c1-8-4-6-10(7-5-8)9(2)11-3/h4-7,9H,1H2,2-3H3. The van der Waals surface area contributed by atoms with Crippen LogP contribution in [0.5, 0.6) is 0 Å². The molecular formula is C10H13O. The molecule has 1 aromatic carbocycles. The van der Waals surface area contributed by atoms with Crippen LogP contribution in [-0.4, -0.2) is 7.11 Å². The van der Waals surface area contributed by atoms with E-state index in [0.29, 0.717) is 0 Å². The summed E-state index contributed by atoms with van der Waals surface area (Å²) in [7, 11) is 1.71. The normalized spacial score (nSPS) is 13.0. The molecule has 0 heterocycles. The Morgan fingerprint density at radius 3 is 2.27 bits per heavy atom. The highest BCUT2D eigenvalue weighted by molar-refractivity contribution is 5.25. The maximum atomic E-state index is 5.16. The van der Waals surface area contributed by atoms with Crippen molar-refractivity contribution < 1.29 is 4.74 Å². The number of hydrogen-bond acceptors (Lipinski definition) is 1. The van der Waals surface area contributed by atoms with E-state index in [1.807, 2.05) is 31.2 Å². The van der Waals surface area contributed by atoms with Crippen LogP contribution < -0.4 is 0 Å². The van der Waals surface area contributed by atoms with Crippen molar-refractivity contribution in [1.82, 2.24) is 0 Å². The average Bonchev–Trinajstić information content (AvgIpc) is 2.05. The third kappa shape index (κ3) is 2.05. The van der Waals surface area contributed by atoms with Gasteiger partial charge in [0.15, 0.2) is 0 Å². The molecule has 0 N–H and O–H groups in total. The van der Waals surface area contributed by atoms with Gasteiger partial charge in [-0.25, -0.2) is 0 Å². The van der Waals surface area contributed by atoms with Crippen molar-refractivity contribution >= 4 is 0 Å². The fourth-order valence-corrected chi connectivity index (χ4v) is 0.925. The fraction of sp³-hybridized carbons (Fsp3) is 0.300. The first kappa shape index (κ1) is 8.28. The van der Waals surface area contributed by atoms with Gasteiger partial charge in [-0.2, -0.15) is 0 Å². The number of rotatable bonds is 2. The molecule has 1 nitrogen and oxygen atoms in total. The van der Waals surface area contributed by atoms with Crippen molar-refractivity contribution in [2.45, 2.75) is 13.0 Å². The van der Waals surface area contributed by atoms with E-state index >= 15 is 0 Å². The Kier molecular flexibility index (Phi) is 2.66. The summed E-state index contributed by atoms with van der Waals surface area (Å²) in [5.41, 5.74) is 2.23. The molecule has 1 aromatic rings. The lowest BCUT2D eigenvalue weighted by molar-refractivity contribution is 0.119. The van der Waals surface area contributed by atoms with Crippen LogP contribution in [0.4, 0.5) is 0 Å². The molecule has 1 heteroatoms. The van der Waals surface area contributed by atoms with Gasteiger partial charge in [-0.3, -0.25) is 0 Å². The van der Waals surface area contributed by atoms with E-state index < -0.39 is 0 Å². The van der Waals surface area contributed by atoms with Gasteiger partial charge >= 0.3 is 0 Å². The molecule has 0 bridgehead atoms. The van der Waals surface area contributed by atoms with Crippen LogP contribution in [0.3, 0.4) is 0 Å². The predicted molar refractivity (Wildman–Crippen MR) is 46.3 cm³/mol. The van der Waals surface area contributed by atoms with Crippen molar-refractivity contribution in [2.24, 2.45) is 0 Å². The first-order valence-electron chi connectivity index (χ1n) is 3.68. The first-order chi connectivity index (χ1) is 5.24. The summed E-state index contributed by atoms with van der Waals surface area (Å²) in [6, 6.07) is 8.06. The smallest absolute Gasteiger partial charge is 0.0793 e. The zero-order chi connectivity index (χ0) is 8.27. The van der Waals surface area contributed by atoms with Crippen molar-refractivity contribution in [1.29, 1.82) is 0 Å². The Morgan fingerprint density at radius 1 is 1.27 bits per heavy atom. The molecule has 0 spiro atoms. The zero-order valence-corrected chi connectivity index (χ0v) is 7.00. The lowest BCUT2D eigenvalue weighted by Gasteiger charge is -2.08. The van der Waals surface area contributed by atoms with Gasteiger partial charge in [-0.15, -0.1) is 0 Å². The van der Waals surface area contributed by atoms with E-state index in [1.54, 1.807) is 7.11 Å². The van der Waals surface area contributed by atoms with Gasteiger partial charge in [0.1, 0.15) is 0 Å². The van der Waals surface area contributed by atoms with Gasteiger partial charge < -0.3 is 4.74 Å². The zero-order valence-electron chi connectivity index (χ0n) is 7.00. The molecule has 0 aliphatic carbocycles. The summed E-state index contributed by atoms with van der Waals surface area (Å²) in [4.78, 5) is 0. The van der Waals surface area contributed by atoms with Crippen molar-refractivity contribution in [3.63, 3.8) is 0 Å². The molecule has 11 heavy (non-hydrogen) atoms. The van der Waals surface area contributed by atoms with E-state index in [-0.39, 0.29) is 6.10 Å². The second-order valence-corrected chi connectivity index (χ2v) is 2.62. The Bertz CT molecular complexity index is 213. The quantitative estimate of drug-likeness (QED) is 0.628. The van der Waals surface area contributed by atoms with Gasteiger partial charge in [0.2, 0.25) is 0 Å². The minimum Gasteiger partial charge on any atom is -0.377 e. The van der Waals surface area contributed by atoms with E-state index in [1.165, 1.54) is 5.56 Å². The van der Waals surface area contributed by atoms with Gasteiger partial charge in [-0.05, 0) is 25.0 Å². The Morgan fingerprint density at radius 2 is 1.82 bits per heavy atom. The average molecular weight is 149 g/mol. The van der Waals surface area contributed by atoms with E-state index in [2.05, 4.69) is 6.92 Å². The number of ether oxygens (including phenoxy) is 1. The lowest BCUT2D eigenvalue weighted by atomic mass is 10.1. The molecule has 0 saturated heterocycles. The van der Waals surface area contributed by atoms with E-state index in [0.717, 1.165) is 5.56 Å². The minimum atomic E-state index is 0.176. The molecule has 1 unspecified atom stereocenters. The number of hydrogen-bond donors (Lipinski definition) is 0. The minimum absolute atomic E-state index is 0.176. The molecule has 1 radical (unpaired) electrons. The SMILES string of the molecule is [CH2]c1ccc(C(C)OC)cc1.